The number of carbonyl (C=O) groups is 1. The first-order valence-electron chi connectivity index (χ1n) is 7.52. The van der Waals surface area contributed by atoms with Crippen LogP contribution in [0.1, 0.15) is 37.8 Å². The summed E-state index contributed by atoms with van der Waals surface area (Å²) in [4.78, 5) is 14.0. The van der Waals surface area contributed by atoms with Crippen LogP contribution in [-0.4, -0.2) is 23.9 Å². The Hall–Kier alpha value is -1.02. The molecule has 1 aliphatic rings. The minimum Gasteiger partial charge on any atom is -0.342 e. The van der Waals surface area contributed by atoms with Gasteiger partial charge in [0.1, 0.15) is 0 Å². The largest absolute Gasteiger partial charge is 0.342 e. The molecule has 1 fully saturated rings. The van der Waals surface area contributed by atoms with Crippen molar-refractivity contribution in [1.82, 2.24) is 4.90 Å². The number of benzene rings is 1. The van der Waals surface area contributed by atoms with Crippen molar-refractivity contribution < 1.29 is 4.79 Å². The summed E-state index contributed by atoms with van der Waals surface area (Å²) in [5.41, 5.74) is 2.56. The fraction of sp³-hybridized carbons (Fsp3) is 0.588. The van der Waals surface area contributed by atoms with Crippen LogP contribution in [0.3, 0.4) is 0 Å². The van der Waals surface area contributed by atoms with Crippen LogP contribution < -0.4 is 0 Å². The van der Waals surface area contributed by atoms with Crippen molar-refractivity contribution in [2.24, 2.45) is 11.8 Å². The van der Waals surface area contributed by atoms with E-state index >= 15 is 0 Å². The second-order valence-corrected chi connectivity index (χ2v) is 6.34. The van der Waals surface area contributed by atoms with Crippen molar-refractivity contribution in [3.05, 3.63) is 35.4 Å². The Morgan fingerprint density at radius 3 is 2.25 bits per heavy atom. The van der Waals surface area contributed by atoms with E-state index in [2.05, 4.69) is 24.3 Å². The van der Waals surface area contributed by atoms with E-state index in [0.29, 0.717) is 17.7 Å². The zero-order valence-electron chi connectivity index (χ0n) is 12.4. The van der Waals surface area contributed by atoms with Crippen molar-refractivity contribution in [3.63, 3.8) is 0 Å². The van der Waals surface area contributed by atoms with Gasteiger partial charge in [-0.05, 0) is 36.3 Å². The van der Waals surface area contributed by atoms with E-state index in [0.717, 1.165) is 32.4 Å². The number of nitrogens with zero attached hydrogens (tertiary/aromatic N) is 1. The molecular weight excluding hydrogens is 270 g/mol. The Kier molecular flexibility index (Phi) is 5.47. The number of halogens is 1. The van der Waals surface area contributed by atoms with Crippen molar-refractivity contribution in [3.8, 4) is 0 Å². The number of piperidine rings is 1. The average molecular weight is 294 g/mol. The van der Waals surface area contributed by atoms with Gasteiger partial charge in [-0.1, -0.05) is 38.1 Å². The molecule has 3 heteroatoms. The molecule has 0 aliphatic carbocycles. The number of likely N-dealkylation sites (tertiary alicyclic amines) is 1. The summed E-state index contributed by atoms with van der Waals surface area (Å²) in [5.74, 6) is 1.70. The quantitative estimate of drug-likeness (QED) is 0.772. The van der Waals surface area contributed by atoms with Gasteiger partial charge >= 0.3 is 0 Å². The zero-order chi connectivity index (χ0) is 14.5. The molecule has 0 aromatic heterocycles. The second-order valence-electron chi connectivity index (χ2n) is 6.08. The van der Waals surface area contributed by atoms with Gasteiger partial charge in [0.2, 0.25) is 5.91 Å². The molecule has 0 radical (unpaired) electrons. The van der Waals surface area contributed by atoms with Gasteiger partial charge in [0.05, 0.1) is 0 Å². The minimum absolute atomic E-state index is 0.120. The highest BCUT2D eigenvalue weighted by Gasteiger charge is 2.24. The molecular formula is C17H24ClNO. The van der Waals surface area contributed by atoms with Crippen LogP contribution in [0.15, 0.2) is 24.3 Å². The predicted molar refractivity (Wildman–Crippen MR) is 83.8 cm³/mol. The van der Waals surface area contributed by atoms with Crippen LogP contribution in [0.25, 0.3) is 0 Å². The minimum atomic E-state index is 0.120. The standard InChI is InChI=1S/C17H24ClNO/c1-13(2)17(20)19-9-7-15(8-10-19)11-14-3-5-16(12-18)6-4-14/h3-6,13,15H,7-12H2,1-2H3. The maximum Gasteiger partial charge on any atom is 0.225 e. The van der Waals surface area contributed by atoms with Crippen molar-refractivity contribution in [1.29, 1.82) is 0 Å². The first-order valence-corrected chi connectivity index (χ1v) is 8.06. The Morgan fingerprint density at radius 2 is 1.75 bits per heavy atom. The normalized spacial score (nSPS) is 16.7. The van der Waals surface area contributed by atoms with E-state index in [1.807, 2.05) is 18.7 Å². The van der Waals surface area contributed by atoms with E-state index in [-0.39, 0.29) is 5.92 Å². The summed E-state index contributed by atoms with van der Waals surface area (Å²) in [6.07, 6.45) is 3.36. The topological polar surface area (TPSA) is 20.3 Å². The van der Waals surface area contributed by atoms with Crippen molar-refractivity contribution in [2.75, 3.05) is 13.1 Å². The lowest BCUT2D eigenvalue weighted by Gasteiger charge is -2.33. The Morgan fingerprint density at radius 1 is 1.20 bits per heavy atom. The molecule has 1 aliphatic heterocycles. The number of carbonyl (C=O) groups excluding carboxylic acids is 1. The summed E-state index contributed by atoms with van der Waals surface area (Å²) < 4.78 is 0. The SMILES string of the molecule is CC(C)C(=O)N1CCC(Cc2ccc(CCl)cc2)CC1. The number of amides is 1. The van der Waals surface area contributed by atoms with Crippen molar-refractivity contribution >= 4 is 17.5 Å². The van der Waals surface area contributed by atoms with E-state index in [1.165, 1.54) is 11.1 Å². The highest BCUT2D eigenvalue weighted by molar-refractivity contribution is 6.17. The van der Waals surface area contributed by atoms with Crippen LogP contribution in [0.2, 0.25) is 0 Å². The number of rotatable bonds is 4. The molecule has 1 aromatic carbocycles. The molecule has 0 atom stereocenters. The lowest BCUT2D eigenvalue weighted by Crippen LogP contribution is -2.40. The number of alkyl halides is 1. The molecule has 1 heterocycles. The molecule has 1 aromatic rings. The monoisotopic (exact) mass is 293 g/mol. The maximum atomic E-state index is 11.9. The molecule has 0 saturated carbocycles. The lowest BCUT2D eigenvalue weighted by atomic mass is 9.89. The van der Waals surface area contributed by atoms with Crippen LogP contribution in [0, 0.1) is 11.8 Å². The van der Waals surface area contributed by atoms with Crippen LogP contribution >= 0.6 is 11.6 Å². The molecule has 20 heavy (non-hydrogen) atoms. The second kappa shape index (κ2) is 7.12. The van der Waals surface area contributed by atoms with Gasteiger partial charge in [0, 0.05) is 24.9 Å². The highest BCUT2D eigenvalue weighted by atomic mass is 35.5. The maximum absolute atomic E-state index is 11.9. The fourth-order valence-corrected chi connectivity index (χ4v) is 3.00. The summed E-state index contributed by atoms with van der Waals surface area (Å²) in [6, 6.07) is 8.59. The average Bonchev–Trinajstić information content (AvgIpc) is 2.48. The van der Waals surface area contributed by atoms with Gasteiger partial charge in [-0.15, -0.1) is 11.6 Å². The zero-order valence-corrected chi connectivity index (χ0v) is 13.2. The van der Waals surface area contributed by atoms with Crippen LogP contribution in [0.5, 0.6) is 0 Å². The van der Waals surface area contributed by atoms with Gasteiger partial charge < -0.3 is 4.90 Å². The van der Waals surface area contributed by atoms with Crippen molar-refractivity contribution in [2.45, 2.75) is 39.0 Å². The fourth-order valence-electron chi connectivity index (χ4n) is 2.82. The smallest absolute Gasteiger partial charge is 0.225 e. The van der Waals surface area contributed by atoms with Gasteiger partial charge in [-0.2, -0.15) is 0 Å². The third-order valence-electron chi connectivity index (χ3n) is 4.12. The lowest BCUT2D eigenvalue weighted by molar-refractivity contribution is -0.135. The van der Waals surface area contributed by atoms with Crippen LogP contribution in [0.4, 0.5) is 0 Å². The molecule has 110 valence electrons. The molecule has 2 nitrogen and oxygen atoms in total. The Balaban J connectivity index is 1.83. The van der Waals surface area contributed by atoms with E-state index in [1.54, 1.807) is 0 Å². The third-order valence-corrected chi connectivity index (χ3v) is 4.43. The summed E-state index contributed by atoms with van der Waals surface area (Å²) in [7, 11) is 0. The number of hydrogen-bond acceptors (Lipinski definition) is 1. The number of hydrogen-bond donors (Lipinski definition) is 0. The van der Waals surface area contributed by atoms with E-state index < -0.39 is 0 Å². The van der Waals surface area contributed by atoms with Gasteiger partial charge in [0.25, 0.3) is 0 Å². The van der Waals surface area contributed by atoms with E-state index in [9.17, 15) is 4.79 Å². The third kappa shape index (κ3) is 3.99. The highest BCUT2D eigenvalue weighted by Crippen LogP contribution is 2.23. The molecule has 0 spiro atoms. The first-order chi connectivity index (χ1) is 9.60. The first kappa shape index (κ1) is 15.4. The predicted octanol–water partition coefficient (Wildman–Crippen LogP) is 3.86. The summed E-state index contributed by atoms with van der Waals surface area (Å²) >= 11 is 5.80. The molecule has 0 N–H and O–H groups in total. The molecule has 1 saturated heterocycles. The van der Waals surface area contributed by atoms with E-state index in [4.69, 9.17) is 11.6 Å². The molecule has 1 amide bonds. The van der Waals surface area contributed by atoms with Gasteiger partial charge in [-0.3, -0.25) is 4.79 Å². The Labute approximate surface area is 127 Å². The molecule has 2 rings (SSSR count). The van der Waals surface area contributed by atoms with Gasteiger partial charge in [0.15, 0.2) is 0 Å². The Bertz CT molecular complexity index is 433. The molecule has 0 bridgehead atoms. The summed E-state index contributed by atoms with van der Waals surface area (Å²) in [5, 5.41) is 0. The summed E-state index contributed by atoms with van der Waals surface area (Å²) in [6.45, 7) is 5.79. The molecule has 0 unspecified atom stereocenters. The van der Waals surface area contributed by atoms with Gasteiger partial charge in [-0.25, -0.2) is 0 Å². The van der Waals surface area contributed by atoms with Crippen LogP contribution in [-0.2, 0) is 17.1 Å².